The van der Waals surface area contributed by atoms with Crippen molar-refractivity contribution in [1.82, 2.24) is 0 Å². The van der Waals surface area contributed by atoms with Gasteiger partial charge in [0, 0.05) is 17.1 Å². The van der Waals surface area contributed by atoms with Gasteiger partial charge in [-0.3, -0.25) is 9.59 Å². The molecule has 0 unspecified atom stereocenters. The molecule has 0 aliphatic carbocycles. The standard InChI is InChI=1S/C24H19ClFN3O3/c1-32-22-10-8-18(28-23(30)11-6-15-2-4-16(14-27)5-3-15)13-21(22)29-24(31)19-9-7-17(25)12-20(19)26/h2-5,7-10,12-13H,6,11H2,1H3,(H,28,30)(H,29,31). The molecule has 8 heteroatoms. The van der Waals surface area contributed by atoms with Gasteiger partial charge < -0.3 is 15.4 Å². The molecule has 0 saturated carbocycles. The molecule has 2 amide bonds. The summed E-state index contributed by atoms with van der Waals surface area (Å²) in [5.74, 6) is -1.30. The van der Waals surface area contributed by atoms with E-state index in [1.54, 1.807) is 24.3 Å². The fraction of sp³-hybridized carbons (Fsp3) is 0.125. The van der Waals surface area contributed by atoms with Crippen molar-refractivity contribution in [3.05, 3.63) is 88.2 Å². The Morgan fingerprint density at radius 2 is 1.81 bits per heavy atom. The van der Waals surface area contributed by atoms with Crippen molar-refractivity contribution in [3.8, 4) is 11.8 Å². The van der Waals surface area contributed by atoms with Gasteiger partial charge in [0.05, 0.1) is 30.0 Å². The predicted octanol–water partition coefficient (Wildman–Crippen LogP) is 5.18. The van der Waals surface area contributed by atoms with Crippen LogP contribution in [0.15, 0.2) is 60.7 Å². The number of ether oxygens (including phenoxy) is 1. The van der Waals surface area contributed by atoms with Gasteiger partial charge in [-0.25, -0.2) is 4.39 Å². The zero-order valence-corrected chi connectivity index (χ0v) is 17.9. The maximum atomic E-state index is 14.1. The Labute approximate surface area is 189 Å². The molecule has 0 aliphatic rings. The molecule has 0 aliphatic heterocycles. The largest absolute Gasteiger partial charge is 0.495 e. The van der Waals surface area contributed by atoms with Crippen molar-refractivity contribution in [2.24, 2.45) is 0 Å². The normalized spacial score (nSPS) is 10.2. The zero-order valence-electron chi connectivity index (χ0n) is 17.1. The first kappa shape index (κ1) is 22.8. The Hall–Kier alpha value is -3.89. The maximum Gasteiger partial charge on any atom is 0.258 e. The average molecular weight is 452 g/mol. The smallest absolute Gasteiger partial charge is 0.258 e. The molecule has 3 aromatic carbocycles. The summed E-state index contributed by atoms with van der Waals surface area (Å²) in [5, 5.41) is 14.4. The number of amides is 2. The topological polar surface area (TPSA) is 91.2 Å². The number of nitrogens with one attached hydrogen (secondary N) is 2. The Bertz CT molecular complexity index is 1190. The third kappa shape index (κ3) is 5.84. The van der Waals surface area contributed by atoms with Crippen LogP contribution in [0, 0.1) is 17.1 Å². The highest BCUT2D eigenvalue weighted by Gasteiger charge is 2.15. The lowest BCUT2D eigenvalue weighted by Gasteiger charge is -2.13. The average Bonchev–Trinajstić information content (AvgIpc) is 2.78. The van der Waals surface area contributed by atoms with Crippen molar-refractivity contribution in [3.63, 3.8) is 0 Å². The Morgan fingerprint density at radius 1 is 1.06 bits per heavy atom. The minimum atomic E-state index is -0.749. The number of nitrogens with zero attached hydrogens (tertiary/aromatic N) is 1. The van der Waals surface area contributed by atoms with E-state index in [2.05, 4.69) is 10.6 Å². The second kappa shape index (κ2) is 10.4. The fourth-order valence-electron chi connectivity index (χ4n) is 2.97. The molecule has 0 heterocycles. The van der Waals surface area contributed by atoms with E-state index in [9.17, 15) is 14.0 Å². The summed E-state index contributed by atoms with van der Waals surface area (Å²) < 4.78 is 19.3. The molecule has 0 saturated heterocycles. The molecule has 0 bridgehead atoms. The minimum Gasteiger partial charge on any atom is -0.495 e. The van der Waals surface area contributed by atoms with E-state index in [1.807, 2.05) is 18.2 Å². The Morgan fingerprint density at radius 3 is 2.47 bits per heavy atom. The predicted molar refractivity (Wildman–Crippen MR) is 120 cm³/mol. The van der Waals surface area contributed by atoms with E-state index in [1.165, 1.54) is 25.3 Å². The van der Waals surface area contributed by atoms with E-state index < -0.39 is 11.7 Å². The highest BCUT2D eigenvalue weighted by molar-refractivity contribution is 6.30. The number of anilines is 2. The molecule has 3 aromatic rings. The van der Waals surface area contributed by atoms with Crippen molar-refractivity contribution >= 4 is 34.8 Å². The second-order valence-electron chi connectivity index (χ2n) is 6.85. The van der Waals surface area contributed by atoms with Crippen LogP contribution in [-0.4, -0.2) is 18.9 Å². The third-order valence-electron chi connectivity index (χ3n) is 4.63. The first-order chi connectivity index (χ1) is 15.4. The molecular weight excluding hydrogens is 433 g/mol. The molecule has 0 atom stereocenters. The number of nitriles is 1. The van der Waals surface area contributed by atoms with Crippen molar-refractivity contribution in [1.29, 1.82) is 5.26 Å². The van der Waals surface area contributed by atoms with Crippen molar-refractivity contribution in [2.75, 3.05) is 17.7 Å². The first-order valence-electron chi connectivity index (χ1n) is 9.63. The lowest BCUT2D eigenvalue weighted by molar-refractivity contribution is -0.116. The number of benzene rings is 3. The zero-order chi connectivity index (χ0) is 23.1. The number of halogens is 2. The number of rotatable bonds is 7. The molecule has 6 nitrogen and oxygen atoms in total. The van der Waals surface area contributed by atoms with Gasteiger partial charge in [0.2, 0.25) is 5.91 Å². The van der Waals surface area contributed by atoms with Crippen LogP contribution in [0.3, 0.4) is 0 Å². The maximum absolute atomic E-state index is 14.1. The molecule has 0 spiro atoms. The Balaban J connectivity index is 1.67. The van der Waals surface area contributed by atoms with E-state index >= 15 is 0 Å². The highest BCUT2D eigenvalue weighted by atomic mass is 35.5. The molecule has 0 radical (unpaired) electrons. The quantitative estimate of drug-likeness (QED) is 0.517. The molecule has 3 rings (SSSR count). The monoisotopic (exact) mass is 451 g/mol. The van der Waals surface area contributed by atoms with Gasteiger partial charge in [0.25, 0.3) is 5.91 Å². The summed E-state index contributed by atoms with van der Waals surface area (Å²) in [6.07, 6.45) is 0.739. The summed E-state index contributed by atoms with van der Waals surface area (Å²) in [6.45, 7) is 0. The first-order valence-corrected chi connectivity index (χ1v) is 10.0. The number of hydrogen-bond donors (Lipinski definition) is 2. The van der Waals surface area contributed by atoms with Gasteiger partial charge in [0.1, 0.15) is 11.6 Å². The van der Waals surface area contributed by atoms with Gasteiger partial charge in [0.15, 0.2) is 0 Å². The van der Waals surface area contributed by atoms with E-state index in [0.29, 0.717) is 23.4 Å². The van der Waals surface area contributed by atoms with E-state index in [0.717, 1.165) is 11.6 Å². The highest BCUT2D eigenvalue weighted by Crippen LogP contribution is 2.29. The van der Waals surface area contributed by atoms with Crippen LogP contribution in [0.2, 0.25) is 5.02 Å². The molecule has 0 fully saturated rings. The fourth-order valence-corrected chi connectivity index (χ4v) is 3.13. The number of aryl methyl sites for hydroxylation is 1. The van der Waals surface area contributed by atoms with Gasteiger partial charge in [-0.15, -0.1) is 0 Å². The number of carbonyl (C=O) groups is 2. The van der Waals surface area contributed by atoms with Crippen LogP contribution >= 0.6 is 11.6 Å². The summed E-state index contributed by atoms with van der Waals surface area (Å²) in [7, 11) is 1.43. The SMILES string of the molecule is COc1ccc(NC(=O)CCc2ccc(C#N)cc2)cc1NC(=O)c1ccc(Cl)cc1F. The van der Waals surface area contributed by atoms with Crippen molar-refractivity contribution < 1.29 is 18.7 Å². The summed E-state index contributed by atoms with van der Waals surface area (Å²) in [5.41, 5.74) is 2.05. The number of carbonyl (C=O) groups excluding carboxylic acids is 2. The minimum absolute atomic E-state index is 0.173. The summed E-state index contributed by atoms with van der Waals surface area (Å²) in [4.78, 5) is 24.8. The lowest BCUT2D eigenvalue weighted by Crippen LogP contribution is -2.16. The van der Waals surface area contributed by atoms with Crippen LogP contribution in [0.4, 0.5) is 15.8 Å². The lowest BCUT2D eigenvalue weighted by atomic mass is 10.1. The Kier molecular flexibility index (Phi) is 7.42. The van der Waals surface area contributed by atoms with E-state index in [4.69, 9.17) is 21.6 Å². The van der Waals surface area contributed by atoms with Gasteiger partial charge >= 0.3 is 0 Å². The third-order valence-corrected chi connectivity index (χ3v) is 4.87. The molecule has 162 valence electrons. The van der Waals surface area contributed by atoms with E-state index in [-0.39, 0.29) is 28.6 Å². The summed E-state index contributed by atoms with van der Waals surface area (Å²) in [6, 6.07) is 17.6. The molecule has 2 N–H and O–H groups in total. The van der Waals surface area contributed by atoms with Gasteiger partial charge in [-0.1, -0.05) is 23.7 Å². The molecular formula is C24H19ClFN3O3. The van der Waals surface area contributed by atoms with Crippen LogP contribution in [0.25, 0.3) is 0 Å². The van der Waals surface area contributed by atoms with Gasteiger partial charge in [-0.05, 0) is 60.5 Å². The summed E-state index contributed by atoms with van der Waals surface area (Å²) >= 11 is 5.73. The molecule has 32 heavy (non-hydrogen) atoms. The second-order valence-corrected chi connectivity index (χ2v) is 7.29. The van der Waals surface area contributed by atoms with Crippen molar-refractivity contribution in [2.45, 2.75) is 12.8 Å². The van der Waals surface area contributed by atoms with Crippen LogP contribution in [-0.2, 0) is 11.2 Å². The van der Waals surface area contributed by atoms with Crippen LogP contribution in [0.5, 0.6) is 5.75 Å². The van der Waals surface area contributed by atoms with Gasteiger partial charge in [-0.2, -0.15) is 5.26 Å². The number of methoxy groups -OCH3 is 1. The van der Waals surface area contributed by atoms with Crippen LogP contribution < -0.4 is 15.4 Å². The van der Waals surface area contributed by atoms with Crippen LogP contribution in [0.1, 0.15) is 27.9 Å². The number of hydrogen-bond acceptors (Lipinski definition) is 4. The molecule has 0 aromatic heterocycles.